The van der Waals surface area contributed by atoms with Crippen molar-refractivity contribution in [2.45, 2.75) is 187 Å². The molecular weight excluding hydrogens is 805 g/mol. The molecule has 6 saturated carbocycles. The van der Waals surface area contributed by atoms with E-state index < -0.39 is 71.0 Å². The van der Waals surface area contributed by atoms with Gasteiger partial charge >= 0.3 is 11.9 Å². The molecule has 0 aromatic heterocycles. The second-order valence-electron chi connectivity index (χ2n) is 21.8. The zero-order valence-corrected chi connectivity index (χ0v) is 38.7. The molecule has 0 aromatic carbocycles. The van der Waals surface area contributed by atoms with E-state index in [1.54, 1.807) is 6.08 Å². The highest BCUT2D eigenvalue weighted by Crippen LogP contribution is 2.70. The van der Waals surface area contributed by atoms with Crippen LogP contribution in [0.5, 0.6) is 0 Å². The lowest BCUT2D eigenvalue weighted by Gasteiger charge is -2.60. The highest BCUT2D eigenvalue weighted by Gasteiger charge is 2.72. The van der Waals surface area contributed by atoms with Crippen LogP contribution in [0.15, 0.2) is 23.3 Å². The van der Waals surface area contributed by atoms with Crippen LogP contribution in [0.2, 0.25) is 0 Å². The number of ketones is 4. The molecule has 0 aromatic rings. The number of carbonyl (C=O) groups excluding carboxylic acids is 6. The maximum atomic E-state index is 13.1. The first kappa shape index (κ1) is 47.9. The Morgan fingerprint density at radius 1 is 0.603 bits per heavy atom. The van der Waals surface area contributed by atoms with Gasteiger partial charge in [0.2, 0.25) is 11.6 Å². The summed E-state index contributed by atoms with van der Waals surface area (Å²) in [5.74, 6) is -0.617. The lowest BCUT2D eigenvalue weighted by Crippen LogP contribution is -2.63. The van der Waals surface area contributed by atoms with Gasteiger partial charge in [-0.05, 0) is 148 Å². The summed E-state index contributed by atoms with van der Waals surface area (Å²) in [6.07, 6.45) is 13.9. The molecule has 0 bridgehead atoms. The molecule has 8 aliphatic carbocycles. The summed E-state index contributed by atoms with van der Waals surface area (Å²) in [5, 5.41) is 42.6. The van der Waals surface area contributed by atoms with Gasteiger partial charge in [-0.3, -0.25) is 28.8 Å². The fraction of sp³-hybridized carbons (Fsp3) is 0.804. The van der Waals surface area contributed by atoms with Crippen LogP contribution in [0.4, 0.5) is 0 Å². The molecule has 63 heavy (non-hydrogen) atoms. The topological polar surface area (TPSA) is 202 Å². The van der Waals surface area contributed by atoms with E-state index in [0.717, 1.165) is 63.4 Å². The Kier molecular flexibility index (Phi) is 13.4. The number of aliphatic hydroxyl groups excluding tert-OH is 4. The largest absolute Gasteiger partial charge is 0.450 e. The molecule has 8 aliphatic rings. The fourth-order valence-electron chi connectivity index (χ4n) is 16.0. The zero-order valence-electron chi connectivity index (χ0n) is 38.7. The highest BCUT2D eigenvalue weighted by atomic mass is 16.6. The standard InChI is InChI=1S/C26H38O6.C25H36O6/c1-4-5-6-22(31)32-26(21(30)15-27)12-10-19-18-8-7-16-13-17(28)9-11-24(16,2)23(18)20(29)14-25(19,26)3;1-4-5-21(30)31-25(20(29)14-26)11-9-18-17-7-6-15-12-16(27)8-10-23(15,2)22(17)19(28)13-24(18,25)3/h13,18-20,23,27,29H,4-12,14-15H2,1-3H3;12,17-19,22,26,28H,4-11,13-14H2,1-3H3/t18-,19-,20-,23+,24-,25-,26-;17?,18?,19-,22?,23-,24-,25-/m00/s1. The van der Waals surface area contributed by atoms with Gasteiger partial charge in [0.05, 0.1) is 12.2 Å². The van der Waals surface area contributed by atoms with Crippen LogP contribution < -0.4 is 0 Å². The number of carbonyl (C=O) groups is 6. The third-order valence-corrected chi connectivity index (χ3v) is 19.0. The Bertz CT molecular complexity index is 1920. The van der Waals surface area contributed by atoms with Crippen LogP contribution in [-0.2, 0) is 38.2 Å². The Morgan fingerprint density at radius 3 is 1.40 bits per heavy atom. The van der Waals surface area contributed by atoms with E-state index in [4.69, 9.17) is 9.47 Å². The first-order valence-electron chi connectivity index (χ1n) is 24.3. The molecule has 350 valence electrons. The molecule has 0 saturated heterocycles. The van der Waals surface area contributed by atoms with E-state index in [9.17, 15) is 49.2 Å². The molecule has 0 amide bonds. The maximum absolute atomic E-state index is 13.1. The minimum atomic E-state index is -1.37. The molecule has 0 spiro atoms. The molecule has 12 nitrogen and oxygen atoms in total. The number of aliphatic hydroxyl groups is 4. The monoisotopic (exact) mass is 879 g/mol. The van der Waals surface area contributed by atoms with Crippen molar-refractivity contribution in [2.75, 3.05) is 13.2 Å². The summed E-state index contributed by atoms with van der Waals surface area (Å²) < 4.78 is 11.9. The average molecular weight is 879 g/mol. The van der Waals surface area contributed by atoms with Crippen molar-refractivity contribution in [3.8, 4) is 0 Å². The van der Waals surface area contributed by atoms with Gasteiger partial charge in [0.25, 0.3) is 0 Å². The van der Waals surface area contributed by atoms with Crippen LogP contribution in [0.1, 0.15) is 164 Å². The van der Waals surface area contributed by atoms with Crippen LogP contribution >= 0.6 is 0 Å². The van der Waals surface area contributed by atoms with Crippen LogP contribution in [0.3, 0.4) is 0 Å². The third-order valence-electron chi connectivity index (χ3n) is 19.0. The number of rotatable bonds is 11. The second-order valence-corrected chi connectivity index (χ2v) is 21.8. The number of ether oxygens (including phenoxy) is 2. The van der Waals surface area contributed by atoms with Crippen LogP contribution in [-0.4, -0.2) is 92.1 Å². The third kappa shape index (κ3) is 7.47. The first-order valence-corrected chi connectivity index (χ1v) is 24.3. The summed E-state index contributed by atoms with van der Waals surface area (Å²) >= 11 is 0. The number of hydrogen-bond donors (Lipinski definition) is 4. The summed E-state index contributed by atoms with van der Waals surface area (Å²) in [6.45, 7) is 10.9. The molecule has 3 unspecified atom stereocenters. The van der Waals surface area contributed by atoms with Gasteiger partial charge in [0.15, 0.2) is 22.8 Å². The quantitative estimate of drug-likeness (QED) is 0.161. The van der Waals surface area contributed by atoms with Gasteiger partial charge in [-0.1, -0.05) is 59.1 Å². The molecule has 14 atom stereocenters. The Hall–Kier alpha value is -3.06. The van der Waals surface area contributed by atoms with Crippen molar-refractivity contribution in [3.05, 3.63) is 23.3 Å². The predicted octanol–water partition coefficient (Wildman–Crippen LogP) is 6.66. The second kappa shape index (κ2) is 17.6. The molecule has 0 heterocycles. The Balaban J connectivity index is 0.000000189. The highest BCUT2D eigenvalue weighted by molar-refractivity contribution is 5.94. The summed E-state index contributed by atoms with van der Waals surface area (Å²) in [7, 11) is 0. The van der Waals surface area contributed by atoms with Gasteiger partial charge in [-0.25, -0.2) is 0 Å². The number of unbranched alkanes of at least 4 members (excludes halogenated alkanes) is 1. The van der Waals surface area contributed by atoms with Crippen molar-refractivity contribution in [3.63, 3.8) is 0 Å². The van der Waals surface area contributed by atoms with E-state index in [1.165, 1.54) is 5.57 Å². The fourth-order valence-corrected chi connectivity index (χ4v) is 16.0. The molecule has 4 N–H and O–H groups in total. The minimum absolute atomic E-state index is 0.0319. The van der Waals surface area contributed by atoms with Gasteiger partial charge in [0, 0.05) is 36.5 Å². The SMILES string of the molecule is CCCC(=O)O[C@]1(C(=O)CO)CCC2C3CCC4=CC(=O)CC[C@]4(C)C3[C@@H](O)C[C@@]21C.CCCCC(=O)O[C@]1(C(=O)CO)CC[C@H]2[C@@H]3CCC4=CC(=O)CC[C@]4(C)[C@H]3[C@@H](O)C[C@@]21C. The lowest BCUT2D eigenvalue weighted by molar-refractivity contribution is -0.202. The first-order chi connectivity index (χ1) is 29.8. The average Bonchev–Trinajstić information content (AvgIpc) is 3.69. The van der Waals surface area contributed by atoms with Crippen molar-refractivity contribution in [1.29, 1.82) is 0 Å². The molecule has 12 heteroatoms. The summed E-state index contributed by atoms with van der Waals surface area (Å²) in [4.78, 5) is 75.5. The van der Waals surface area contributed by atoms with Crippen LogP contribution in [0, 0.1) is 57.2 Å². The van der Waals surface area contributed by atoms with Gasteiger partial charge in [-0.15, -0.1) is 0 Å². The minimum Gasteiger partial charge on any atom is -0.450 e. The number of fused-ring (bicyclic) bond motifs is 10. The molecule has 0 radical (unpaired) electrons. The van der Waals surface area contributed by atoms with Gasteiger partial charge in [-0.2, -0.15) is 0 Å². The van der Waals surface area contributed by atoms with E-state index in [2.05, 4.69) is 13.8 Å². The van der Waals surface area contributed by atoms with Crippen molar-refractivity contribution in [2.24, 2.45) is 57.2 Å². The number of Topliss-reactive ketones (excluding diaryl/α,β-unsaturated/α-hetero) is 2. The van der Waals surface area contributed by atoms with Crippen molar-refractivity contribution >= 4 is 35.1 Å². The maximum Gasteiger partial charge on any atom is 0.306 e. The van der Waals surface area contributed by atoms with Gasteiger partial charge in [0.1, 0.15) is 13.2 Å². The van der Waals surface area contributed by atoms with E-state index in [1.807, 2.05) is 33.8 Å². The number of esters is 2. The number of hydrogen-bond acceptors (Lipinski definition) is 12. The number of allylic oxidation sites excluding steroid dienone is 2. The van der Waals surface area contributed by atoms with Gasteiger partial charge < -0.3 is 29.9 Å². The Morgan fingerprint density at radius 2 is 1.02 bits per heavy atom. The van der Waals surface area contributed by atoms with E-state index in [0.29, 0.717) is 51.4 Å². The summed E-state index contributed by atoms with van der Waals surface area (Å²) in [5.41, 5.74) is -2.25. The predicted molar refractivity (Wildman–Crippen MR) is 232 cm³/mol. The lowest BCUT2D eigenvalue weighted by atomic mass is 9.45. The molecule has 6 fully saturated rings. The van der Waals surface area contributed by atoms with Crippen molar-refractivity contribution in [1.82, 2.24) is 0 Å². The summed E-state index contributed by atoms with van der Waals surface area (Å²) in [6, 6.07) is 0. The molecule has 0 aliphatic heterocycles. The van der Waals surface area contributed by atoms with E-state index >= 15 is 0 Å². The molecular formula is C51H74O12. The normalized spacial score (nSPS) is 43.5. The van der Waals surface area contributed by atoms with E-state index in [-0.39, 0.29) is 70.7 Å². The molecule has 8 rings (SSSR count). The Labute approximate surface area is 373 Å². The van der Waals surface area contributed by atoms with Crippen molar-refractivity contribution < 1.29 is 58.7 Å². The van der Waals surface area contributed by atoms with Crippen LogP contribution in [0.25, 0.3) is 0 Å². The smallest absolute Gasteiger partial charge is 0.306 e. The zero-order chi connectivity index (χ0) is 45.9.